The Morgan fingerprint density at radius 3 is 2.36 bits per heavy atom. The van der Waals surface area contributed by atoms with Gasteiger partial charge < -0.3 is 10.6 Å². The molecule has 3 rings (SSSR count). The summed E-state index contributed by atoms with van der Waals surface area (Å²) in [4.78, 5) is 14.2. The summed E-state index contributed by atoms with van der Waals surface area (Å²) in [7, 11) is -3.56. The highest BCUT2D eigenvalue weighted by Gasteiger charge is 2.31. The van der Waals surface area contributed by atoms with E-state index >= 15 is 0 Å². The maximum absolute atomic E-state index is 12.9. The number of nitrogens with two attached hydrogens (primary N) is 1. The molecule has 0 bridgehead atoms. The third-order valence-electron chi connectivity index (χ3n) is 4.68. The van der Waals surface area contributed by atoms with Crippen LogP contribution in [0, 0.1) is 5.92 Å². The second-order valence-corrected chi connectivity index (χ2v) is 8.31. The fraction of sp³-hybridized carbons (Fsp3) is 0.389. The summed E-state index contributed by atoms with van der Waals surface area (Å²) in [5.41, 5.74) is 5.54. The molecule has 1 aliphatic heterocycles. The Kier molecular flexibility index (Phi) is 5.08. The highest BCUT2D eigenvalue weighted by atomic mass is 32.2. The lowest BCUT2D eigenvalue weighted by Gasteiger charge is -2.35. The van der Waals surface area contributed by atoms with Crippen molar-refractivity contribution in [3.05, 3.63) is 42.5 Å². The molecule has 2 N–H and O–H groups in total. The molecule has 134 valence electrons. The number of sulfonamides is 1. The van der Waals surface area contributed by atoms with Crippen molar-refractivity contribution in [3.63, 3.8) is 0 Å². The van der Waals surface area contributed by atoms with Crippen LogP contribution < -0.4 is 5.73 Å². The molecule has 2 aromatic carbocycles. The Morgan fingerprint density at radius 2 is 1.72 bits per heavy atom. The van der Waals surface area contributed by atoms with Crippen LogP contribution in [0.25, 0.3) is 10.8 Å². The van der Waals surface area contributed by atoms with Gasteiger partial charge >= 0.3 is 0 Å². The molecule has 0 aromatic heterocycles. The number of fused-ring (bicyclic) bond motifs is 1. The molecule has 6 nitrogen and oxygen atoms in total. The molecule has 1 fully saturated rings. The lowest BCUT2D eigenvalue weighted by atomic mass is 10.1. The largest absolute Gasteiger partial charge is 0.340 e. The second kappa shape index (κ2) is 7.11. The standard InChI is InChI=1S/C18H23N3O3S/c1-14(13-19)18(22)20-8-10-21(11-9-20)25(23,24)17-7-6-15-4-2-3-5-16(15)12-17/h2-7,12,14H,8-11,13,19H2,1H3. The van der Waals surface area contributed by atoms with E-state index in [0.717, 1.165) is 10.8 Å². The summed E-state index contributed by atoms with van der Waals surface area (Å²) in [5.74, 6) is -0.242. The molecule has 1 aliphatic rings. The Bertz CT molecular complexity index is 874. The summed E-state index contributed by atoms with van der Waals surface area (Å²) in [5, 5.41) is 1.90. The van der Waals surface area contributed by atoms with Crippen LogP contribution in [0.15, 0.2) is 47.4 Å². The number of hydrogen-bond acceptors (Lipinski definition) is 4. The topological polar surface area (TPSA) is 83.7 Å². The minimum Gasteiger partial charge on any atom is -0.340 e. The second-order valence-electron chi connectivity index (χ2n) is 6.38. The van der Waals surface area contributed by atoms with Crippen LogP contribution in [0.3, 0.4) is 0 Å². The van der Waals surface area contributed by atoms with E-state index in [4.69, 9.17) is 5.73 Å². The van der Waals surface area contributed by atoms with Crippen LogP contribution >= 0.6 is 0 Å². The number of piperazine rings is 1. The van der Waals surface area contributed by atoms with E-state index in [-0.39, 0.29) is 11.8 Å². The first-order chi connectivity index (χ1) is 11.9. The number of carbonyl (C=O) groups is 1. The maximum atomic E-state index is 12.9. The molecule has 25 heavy (non-hydrogen) atoms. The number of hydrogen-bond donors (Lipinski definition) is 1. The number of nitrogens with zero attached hydrogens (tertiary/aromatic N) is 2. The molecular formula is C18H23N3O3S. The van der Waals surface area contributed by atoms with Crippen molar-refractivity contribution < 1.29 is 13.2 Å². The van der Waals surface area contributed by atoms with Crippen molar-refractivity contribution in [2.45, 2.75) is 11.8 Å². The van der Waals surface area contributed by atoms with E-state index < -0.39 is 10.0 Å². The lowest BCUT2D eigenvalue weighted by molar-refractivity contribution is -0.135. The third kappa shape index (κ3) is 3.53. The van der Waals surface area contributed by atoms with Crippen molar-refractivity contribution in [3.8, 4) is 0 Å². The van der Waals surface area contributed by atoms with Crippen molar-refractivity contribution >= 4 is 26.7 Å². The Labute approximate surface area is 148 Å². The Balaban J connectivity index is 1.76. The summed E-state index contributed by atoms with van der Waals surface area (Å²) in [6.07, 6.45) is 0. The van der Waals surface area contributed by atoms with E-state index in [0.29, 0.717) is 37.6 Å². The SMILES string of the molecule is CC(CN)C(=O)N1CCN(S(=O)(=O)c2ccc3ccccc3c2)CC1. The molecule has 1 heterocycles. The van der Waals surface area contributed by atoms with Gasteiger partial charge in [-0.05, 0) is 22.9 Å². The van der Waals surface area contributed by atoms with Gasteiger partial charge in [0, 0.05) is 38.6 Å². The molecule has 1 unspecified atom stereocenters. The zero-order valence-corrected chi connectivity index (χ0v) is 15.1. The van der Waals surface area contributed by atoms with E-state index in [2.05, 4.69) is 0 Å². The van der Waals surface area contributed by atoms with Gasteiger partial charge in [0.05, 0.1) is 4.90 Å². The van der Waals surface area contributed by atoms with Crippen LogP contribution in [-0.2, 0) is 14.8 Å². The van der Waals surface area contributed by atoms with E-state index in [9.17, 15) is 13.2 Å². The fourth-order valence-electron chi connectivity index (χ4n) is 3.04. The van der Waals surface area contributed by atoms with E-state index in [1.807, 2.05) is 30.3 Å². The minimum absolute atomic E-state index is 0.00902. The molecule has 0 aliphatic carbocycles. The van der Waals surface area contributed by atoms with Gasteiger partial charge in [-0.25, -0.2) is 8.42 Å². The fourth-order valence-corrected chi connectivity index (χ4v) is 4.50. The van der Waals surface area contributed by atoms with Crippen molar-refractivity contribution in [2.24, 2.45) is 11.7 Å². The quantitative estimate of drug-likeness (QED) is 0.889. The van der Waals surface area contributed by atoms with Gasteiger partial charge in [-0.15, -0.1) is 0 Å². The first kappa shape index (κ1) is 17.8. The van der Waals surface area contributed by atoms with Gasteiger partial charge in [-0.1, -0.05) is 37.3 Å². The first-order valence-electron chi connectivity index (χ1n) is 8.41. The minimum atomic E-state index is -3.56. The molecule has 0 radical (unpaired) electrons. The summed E-state index contributed by atoms with van der Waals surface area (Å²) in [6, 6.07) is 12.8. The number of rotatable bonds is 4. The molecule has 2 aromatic rings. The Hall–Kier alpha value is -1.96. The summed E-state index contributed by atoms with van der Waals surface area (Å²) >= 11 is 0. The molecule has 1 atom stereocenters. The smallest absolute Gasteiger partial charge is 0.243 e. The van der Waals surface area contributed by atoms with Gasteiger partial charge in [-0.3, -0.25) is 4.79 Å². The number of carbonyl (C=O) groups excluding carboxylic acids is 1. The van der Waals surface area contributed by atoms with Crippen LogP contribution in [0.1, 0.15) is 6.92 Å². The zero-order chi connectivity index (χ0) is 18.0. The van der Waals surface area contributed by atoms with Crippen molar-refractivity contribution in [2.75, 3.05) is 32.7 Å². The molecule has 7 heteroatoms. The normalized spacial score (nSPS) is 17.6. The van der Waals surface area contributed by atoms with Crippen LogP contribution in [0.5, 0.6) is 0 Å². The first-order valence-corrected chi connectivity index (χ1v) is 9.85. The van der Waals surface area contributed by atoms with Crippen LogP contribution in [0.2, 0.25) is 0 Å². The van der Waals surface area contributed by atoms with E-state index in [1.54, 1.807) is 24.0 Å². The molecule has 1 amide bonds. The predicted octanol–water partition coefficient (Wildman–Crippen LogP) is 1.27. The lowest BCUT2D eigenvalue weighted by Crippen LogP contribution is -2.52. The highest BCUT2D eigenvalue weighted by molar-refractivity contribution is 7.89. The van der Waals surface area contributed by atoms with Gasteiger partial charge in [0.1, 0.15) is 0 Å². The van der Waals surface area contributed by atoms with Gasteiger partial charge in [-0.2, -0.15) is 4.31 Å². The van der Waals surface area contributed by atoms with Crippen LogP contribution in [0.4, 0.5) is 0 Å². The van der Waals surface area contributed by atoms with E-state index in [1.165, 1.54) is 4.31 Å². The Morgan fingerprint density at radius 1 is 1.08 bits per heavy atom. The van der Waals surface area contributed by atoms with Gasteiger partial charge in [0.25, 0.3) is 0 Å². The highest BCUT2D eigenvalue weighted by Crippen LogP contribution is 2.23. The van der Waals surface area contributed by atoms with Gasteiger partial charge in [0.15, 0.2) is 0 Å². The summed E-state index contributed by atoms with van der Waals surface area (Å²) in [6.45, 7) is 3.50. The molecule has 0 spiro atoms. The molecule has 0 saturated carbocycles. The van der Waals surface area contributed by atoms with Crippen molar-refractivity contribution in [1.29, 1.82) is 0 Å². The summed E-state index contributed by atoms with van der Waals surface area (Å²) < 4.78 is 27.3. The monoisotopic (exact) mass is 361 g/mol. The average Bonchev–Trinajstić information content (AvgIpc) is 2.66. The average molecular weight is 361 g/mol. The van der Waals surface area contributed by atoms with Gasteiger partial charge in [0.2, 0.25) is 15.9 Å². The van der Waals surface area contributed by atoms with Crippen LogP contribution in [-0.4, -0.2) is 56.3 Å². The molecule has 1 saturated heterocycles. The molecular weight excluding hydrogens is 338 g/mol. The number of amides is 1. The third-order valence-corrected chi connectivity index (χ3v) is 6.58. The predicted molar refractivity (Wildman–Crippen MR) is 97.5 cm³/mol. The number of benzene rings is 2. The van der Waals surface area contributed by atoms with Crippen molar-refractivity contribution in [1.82, 2.24) is 9.21 Å². The maximum Gasteiger partial charge on any atom is 0.243 e. The zero-order valence-electron chi connectivity index (χ0n) is 14.3.